The van der Waals surface area contributed by atoms with Gasteiger partial charge in [-0.25, -0.2) is 0 Å². The van der Waals surface area contributed by atoms with Crippen molar-refractivity contribution in [3.05, 3.63) is 92.5 Å². The molecule has 26 heavy (non-hydrogen) atoms. The molecule has 0 aliphatic heterocycles. The number of carbonyl (C=O) groups is 2. The summed E-state index contributed by atoms with van der Waals surface area (Å²) in [6, 6.07) is 21.2. The summed E-state index contributed by atoms with van der Waals surface area (Å²) >= 11 is 8.28. The van der Waals surface area contributed by atoms with Gasteiger partial charge in [-0.3, -0.25) is 9.59 Å². The van der Waals surface area contributed by atoms with E-state index in [-0.39, 0.29) is 11.8 Å². The van der Waals surface area contributed by atoms with E-state index < -0.39 is 0 Å². The van der Waals surface area contributed by atoms with Crippen LogP contribution in [0.3, 0.4) is 0 Å². The Morgan fingerprint density at radius 2 is 1.50 bits per heavy atom. The fourth-order valence-electron chi connectivity index (χ4n) is 2.32. The van der Waals surface area contributed by atoms with Gasteiger partial charge in [0.2, 0.25) is 0 Å². The molecule has 3 aromatic rings. The number of nitrogens with one attached hydrogen (secondary N) is 2. The molecule has 4 nitrogen and oxygen atoms in total. The van der Waals surface area contributed by atoms with Crippen LogP contribution in [0.4, 0.5) is 11.4 Å². The van der Waals surface area contributed by atoms with Crippen molar-refractivity contribution in [2.45, 2.75) is 0 Å². The third kappa shape index (κ3) is 4.42. The van der Waals surface area contributed by atoms with Gasteiger partial charge in [0.05, 0.1) is 16.3 Å². The van der Waals surface area contributed by atoms with Crippen LogP contribution < -0.4 is 10.6 Å². The molecule has 0 aliphatic carbocycles. The summed E-state index contributed by atoms with van der Waals surface area (Å²) in [6.07, 6.45) is 0. The van der Waals surface area contributed by atoms with Crippen LogP contribution in [-0.4, -0.2) is 11.8 Å². The molecule has 0 unspecified atom stereocenters. The van der Waals surface area contributed by atoms with Crippen LogP contribution in [0.15, 0.2) is 72.8 Å². The Labute approximate surface area is 169 Å². The number of amides is 2. The summed E-state index contributed by atoms with van der Waals surface area (Å²) in [5.41, 5.74) is 2.02. The number of anilines is 2. The van der Waals surface area contributed by atoms with Crippen molar-refractivity contribution in [2.24, 2.45) is 0 Å². The molecule has 6 heteroatoms. The Bertz CT molecular complexity index is 961. The molecule has 0 saturated carbocycles. The van der Waals surface area contributed by atoms with E-state index in [2.05, 4.69) is 33.2 Å². The van der Waals surface area contributed by atoms with Gasteiger partial charge in [0.25, 0.3) is 11.8 Å². The standard InChI is InChI=1S/C20H14ClIN2O2/c21-16-11-10-13(19(25)23-14-6-2-1-3-7-14)12-18(16)24-20(26)15-8-4-5-9-17(15)22/h1-12H,(H,23,25)(H,24,26). The summed E-state index contributed by atoms with van der Waals surface area (Å²) in [7, 11) is 0. The maximum atomic E-state index is 12.5. The Balaban J connectivity index is 1.80. The van der Waals surface area contributed by atoms with Crippen molar-refractivity contribution in [1.82, 2.24) is 0 Å². The van der Waals surface area contributed by atoms with E-state index in [1.807, 2.05) is 30.3 Å². The first-order valence-corrected chi connectivity index (χ1v) is 9.22. The second-order valence-corrected chi connectivity index (χ2v) is 7.02. The number of hydrogen-bond acceptors (Lipinski definition) is 2. The Morgan fingerprint density at radius 1 is 0.808 bits per heavy atom. The van der Waals surface area contributed by atoms with Crippen molar-refractivity contribution in [1.29, 1.82) is 0 Å². The molecule has 0 spiro atoms. The van der Waals surface area contributed by atoms with Gasteiger partial charge in [-0.05, 0) is 65.1 Å². The monoisotopic (exact) mass is 476 g/mol. The van der Waals surface area contributed by atoms with Gasteiger partial charge in [-0.2, -0.15) is 0 Å². The lowest BCUT2D eigenvalue weighted by Gasteiger charge is -2.11. The summed E-state index contributed by atoms with van der Waals surface area (Å²) in [5, 5.41) is 5.94. The van der Waals surface area contributed by atoms with Crippen LogP contribution in [0, 0.1) is 3.57 Å². The van der Waals surface area contributed by atoms with E-state index in [4.69, 9.17) is 11.6 Å². The van der Waals surface area contributed by atoms with Gasteiger partial charge in [0.15, 0.2) is 0 Å². The summed E-state index contributed by atoms with van der Waals surface area (Å²) in [6.45, 7) is 0. The van der Waals surface area contributed by atoms with Crippen molar-refractivity contribution >= 4 is 57.4 Å². The largest absolute Gasteiger partial charge is 0.322 e. The summed E-state index contributed by atoms with van der Waals surface area (Å²) < 4.78 is 0.830. The molecule has 0 atom stereocenters. The summed E-state index contributed by atoms with van der Waals surface area (Å²) in [4.78, 5) is 24.9. The maximum Gasteiger partial charge on any atom is 0.256 e. The van der Waals surface area contributed by atoms with Crippen molar-refractivity contribution in [3.63, 3.8) is 0 Å². The molecule has 0 saturated heterocycles. The van der Waals surface area contributed by atoms with E-state index in [1.54, 1.807) is 42.5 Å². The first kappa shape index (κ1) is 18.4. The van der Waals surface area contributed by atoms with Crippen LogP contribution in [0.5, 0.6) is 0 Å². The van der Waals surface area contributed by atoms with Crippen LogP contribution in [0.1, 0.15) is 20.7 Å². The molecule has 0 bridgehead atoms. The van der Waals surface area contributed by atoms with Crippen LogP contribution in [-0.2, 0) is 0 Å². The molecular weight excluding hydrogens is 463 g/mol. The van der Waals surface area contributed by atoms with Gasteiger partial charge in [-0.15, -0.1) is 0 Å². The topological polar surface area (TPSA) is 58.2 Å². The molecule has 0 aromatic heterocycles. The number of benzene rings is 3. The quantitative estimate of drug-likeness (QED) is 0.492. The third-order valence-corrected chi connectivity index (χ3v) is 4.90. The molecular formula is C20H14ClIN2O2. The minimum Gasteiger partial charge on any atom is -0.322 e. The Kier molecular flexibility index (Phi) is 5.90. The lowest BCUT2D eigenvalue weighted by atomic mass is 10.1. The van der Waals surface area contributed by atoms with E-state index in [0.29, 0.717) is 27.5 Å². The normalized spacial score (nSPS) is 10.2. The predicted molar refractivity (Wildman–Crippen MR) is 113 cm³/mol. The Morgan fingerprint density at radius 3 is 2.23 bits per heavy atom. The van der Waals surface area contributed by atoms with Crippen LogP contribution in [0.2, 0.25) is 5.02 Å². The number of para-hydroxylation sites is 1. The molecule has 0 aliphatic rings. The van der Waals surface area contributed by atoms with Gasteiger partial charge in [-0.1, -0.05) is 41.9 Å². The van der Waals surface area contributed by atoms with Gasteiger partial charge in [0, 0.05) is 14.8 Å². The first-order chi connectivity index (χ1) is 12.5. The molecule has 130 valence electrons. The van der Waals surface area contributed by atoms with Crippen LogP contribution in [0.25, 0.3) is 0 Å². The van der Waals surface area contributed by atoms with Gasteiger partial charge in [0.1, 0.15) is 0 Å². The lowest BCUT2D eigenvalue weighted by molar-refractivity contribution is 0.101. The SMILES string of the molecule is O=C(Nc1ccccc1)c1ccc(Cl)c(NC(=O)c2ccccc2I)c1. The first-order valence-electron chi connectivity index (χ1n) is 7.76. The molecule has 2 amide bonds. The zero-order valence-electron chi connectivity index (χ0n) is 13.5. The lowest BCUT2D eigenvalue weighted by Crippen LogP contribution is -2.15. The van der Waals surface area contributed by atoms with E-state index in [0.717, 1.165) is 3.57 Å². The van der Waals surface area contributed by atoms with E-state index in [1.165, 1.54) is 0 Å². The average molecular weight is 477 g/mol. The van der Waals surface area contributed by atoms with Gasteiger partial charge >= 0.3 is 0 Å². The maximum absolute atomic E-state index is 12.5. The van der Waals surface area contributed by atoms with E-state index in [9.17, 15) is 9.59 Å². The molecule has 0 heterocycles. The predicted octanol–water partition coefficient (Wildman–Crippen LogP) is 5.45. The highest BCUT2D eigenvalue weighted by molar-refractivity contribution is 14.1. The minimum atomic E-state index is -0.280. The highest BCUT2D eigenvalue weighted by Crippen LogP contribution is 2.25. The minimum absolute atomic E-state index is 0.280. The fraction of sp³-hybridized carbons (Fsp3) is 0. The summed E-state index contributed by atoms with van der Waals surface area (Å²) in [5.74, 6) is -0.560. The zero-order chi connectivity index (χ0) is 18.5. The number of carbonyl (C=O) groups excluding carboxylic acids is 2. The number of rotatable bonds is 4. The van der Waals surface area contributed by atoms with E-state index >= 15 is 0 Å². The third-order valence-electron chi connectivity index (χ3n) is 3.63. The molecule has 3 aromatic carbocycles. The average Bonchev–Trinajstić information content (AvgIpc) is 2.64. The fourth-order valence-corrected chi connectivity index (χ4v) is 3.12. The van der Waals surface area contributed by atoms with Gasteiger partial charge < -0.3 is 10.6 Å². The second kappa shape index (κ2) is 8.33. The molecule has 3 rings (SSSR count). The number of halogens is 2. The van der Waals surface area contributed by atoms with Crippen molar-refractivity contribution in [3.8, 4) is 0 Å². The Hall–Kier alpha value is -2.38. The molecule has 2 N–H and O–H groups in total. The smallest absolute Gasteiger partial charge is 0.256 e. The molecule has 0 fully saturated rings. The second-order valence-electron chi connectivity index (χ2n) is 5.45. The highest BCUT2D eigenvalue weighted by atomic mass is 127. The van der Waals surface area contributed by atoms with Crippen LogP contribution >= 0.6 is 34.2 Å². The highest BCUT2D eigenvalue weighted by Gasteiger charge is 2.14. The van der Waals surface area contributed by atoms with Crippen molar-refractivity contribution < 1.29 is 9.59 Å². The zero-order valence-corrected chi connectivity index (χ0v) is 16.4. The molecule has 0 radical (unpaired) electrons. The van der Waals surface area contributed by atoms with Crippen molar-refractivity contribution in [2.75, 3.05) is 10.6 Å². The number of hydrogen-bond donors (Lipinski definition) is 2.